The van der Waals surface area contributed by atoms with Crippen LogP contribution in [0.15, 0.2) is 54.9 Å². The van der Waals surface area contributed by atoms with E-state index < -0.39 is 0 Å². The fourth-order valence-corrected chi connectivity index (χ4v) is 2.51. The monoisotopic (exact) mass is 310 g/mol. The number of urea groups is 1. The number of nitrogens with one attached hydrogen (secondary N) is 1. The summed E-state index contributed by atoms with van der Waals surface area (Å²) >= 11 is 0. The molecule has 3 rings (SSSR count). The average molecular weight is 310 g/mol. The Hall–Kier alpha value is -2.89. The first-order valence-electron chi connectivity index (χ1n) is 7.51. The van der Waals surface area contributed by atoms with Crippen molar-refractivity contribution in [2.45, 2.75) is 6.54 Å². The van der Waals surface area contributed by atoms with Gasteiger partial charge in [0.2, 0.25) is 5.91 Å². The van der Waals surface area contributed by atoms with Gasteiger partial charge in [0.05, 0.1) is 0 Å². The van der Waals surface area contributed by atoms with E-state index in [2.05, 4.69) is 10.3 Å². The lowest BCUT2D eigenvalue weighted by atomic mass is 10.3. The molecular formula is C17H18N4O2. The Balaban J connectivity index is 1.52. The molecule has 2 heterocycles. The third-order valence-corrected chi connectivity index (χ3v) is 3.71. The Labute approximate surface area is 134 Å². The average Bonchev–Trinajstić information content (AvgIpc) is 2.95. The zero-order valence-electron chi connectivity index (χ0n) is 12.7. The molecule has 1 saturated heterocycles. The van der Waals surface area contributed by atoms with Crippen LogP contribution in [0.3, 0.4) is 0 Å². The second-order valence-electron chi connectivity index (χ2n) is 5.33. The molecule has 23 heavy (non-hydrogen) atoms. The fraction of sp³-hybridized carbons (Fsp3) is 0.235. The summed E-state index contributed by atoms with van der Waals surface area (Å²) in [6.07, 6.45) is 3.39. The summed E-state index contributed by atoms with van der Waals surface area (Å²) in [5.74, 6) is -0.169. The summed E-state index contributed by atoms with van der Waals surface area (Å²) in [5, 5.41) is 2.81. The summed E-state index contributed by atoms with van der Waals surface area (Å²) in [4.78, 5) is 31.6. The minimum Gasteiger partial charge on any atom is -0.350 e. The van der Waals surface area contributed by atoms with Gasteiger partial charge in [-0.15, -0.1) is 0 Å². The van der Waals surface area contributed by atoms with Gasteiger partial charge in [0.25, 0.3) is 0 Å². The molecule has 0 bridgehead atoms. The van der Waals surface area contributed by atoms with Gasteiger partial charge in [0.15, 0.2) is 0 Å². The smallest absolute Gasteiger partial charge is 0.325 e. The van der Waals surface area contributed by atoms with Crippen LogP contribution in [0.4, 0.5) is 10.5 Å². The molecule has 2 aromatic rings. The Morgan fingerprint density at radius 1 is 1.13 bits per heavy atom. The van der Waals surface area contributed by atoms with Crippen molar-refractivity contribution in [3.8, 4) is 0 Å². The lowest BCUT2D eigenvalue weighted by Gasteiger charge is -2.18. The lowest BCUT2D eigenvalue weighted by Crippen LogP contribution is -2.39. The van der Waals surface area contributed by atoms with E-state index in [1.807, 2.05) is 42.5 Å². The largest absolute Gasteiger partial charge is 0.350 e. The third-order valence-electron chi connectivity index (χ3n) is 3.71. The van der Waals surface area contributed by atoms with Gasteiger partial charge < -0.3 is 10.2 Å². The number of benzene rings is 1. The molecule has 1 fully saturated rings. The Bertz CT molecular complexity index is 676. The van der Waals surface area contributed by atoms with Crippen molar-refractivity contribution in [2.75, 3.05) is 24.5 Å². The molecule has 1 aliphatic rings. The summed E-state index contributed by atoms with van der Waals surface area (Å²) in [7, 11) is 0. The van der Waals surface area contributed by atoms with Crippen LogP contribution in [0.1, 0.15) is 5.56 Å². The van der Waals surface area contributed by atoms with Crippen molar-refractivity contribution in [3.63, 3.8) is 0 Å². The van der Waals surface area contributed by atoms with Gasteiger partial charge in [-0.05, 0) is 23.8 Å². The van der Waals surface area contributed by atoms with E-state index in [1.54, 1.807) is 22.2 Å². The molecule has 1 N–H and O–H groups in total. The van der Waals surface area contributed by atoms with E-state index in [0.29, 0.717) is 19.6 Å². The highest BCUT2D eigenvalue weighted by Crippen LogP contribution is 2.19. The molecule has 0 aliphatic carbocycles. The van der Waals surface area contributed by atoms with Crippen LogP contribution in [-0.4, -0.2) is 41.5 Å². The molecule has 0 spiro atoms. The zero-order chi connectivity index (χ0) is 16.1. The second kappa shape index (κ2) is 6.91. The number of amides is 3. The fourth-order valence-electron chi connectivity index (χ4n) is 2.51. The van der Waals surface area contributed by atoms with Gasteiger partial charge in [-0.25, -0.2) is 4.79 Å². The molecule has 1 aromatic carbocycles. The van der Waals surface area contributed by atoms with Crippen LogP contribution >= 0.6 is 0 Å². The van der Waals surface area contributed by atoms with Gasteiger partial charge in [0.1, 0.15) is 6.54 Å². The maximum absolute atomic E-state index is 12.4. The number of hydrogen-bond donors (Lipinski definition) is 1. The highest BCUT2D eigenvalue weighted by atomic mass is 16.2. The summed E-state index contributed by atoms with van der Waals surface area (Å²) in [6.45, 7) is 1.63. The minimum absolute atomic E-state index is 0.0719. The number of nitrogens with zero attached hydrogens (tertiary/aromatic N) is 3. The van der Waals surface area contributed by atoms with E-state index in [9.17, 15) is 9.59 Å². The molecule has 118 valence electrons. The molecule has 6 nitrogen and oxygen atoms in total. The van der Waals surface area contributed by atoms with Crippen molar-refractivity contribution in [2.24, 2.45) is 0 Å². The van der Waals surface area contributed by atoms with Crippen LogP contribution in [0.25, 0.3) is 0 Å². The quantitative estimate of drug-likeness (QED) is 0.913. The van der Waals surface area contributed by atoms with Crippen LogP contribution in [0.5, 0.6) is 0 Å². The van der Waals surface area contributed by atoms with Gasteiger partial charge in [-0.2, -0.15) is 0 Å². The summed E-state index contributed by atoms with van der Waals surface area (Å²) in [6, 6.07) is 13.1. The molecule has 0 radical (unpaired) electrons. The first-order valence-corrected chi connectivity index (χ1v) is 7.51. The maximum Gasteiger partial charge on any atom is 0.325 e. The molecular weight excluding hydrogens is 292 g/mol. The van der Waals surface area contributed by atoms with Crippen LogP contribution in [0.2, 0.25) is 0 Å². The molecule has 1 aliphatic heterocycles. The number of pyridine rings is 1. The van der Waals surface area contributed by atoms with E-state index in [4.69, 9.17) is 0 Å². The summed E-state index contributed by atoms with van der Waals surface area (Å²) in [5.41, 5.74) is 1.79. The highest BCUT2D eigenvalue weighted by Gasteiger charge is 2.30. The minimum atomic E-state index is -0.169. The highest BCUT2D eigenvalue weighted by molar-refractivity contribution is 5.96. The first kappa shape index (κ1) is 15.0. The molecule has 0 unspecified atom stereocenters. The first-order chi connectivity index (χ1) is 11.2. The number of carbonyl (C=O) groups excluding carboxylic acids is 2. The lowest BCUT2D eigenvalue weighted by molar-refractivity contribution is -0.121. The number of carbonyl (C=O) groups is 2. The topological polar surface area (TPSA) is 65.5 Å². The van der Waals surface area contributed by atoms with Crippen molar-refractivity contribution < 1.29 is 9.59 Å². The standard InChI is InChI=1S/C17H18N4O2/c22-16(19-12-14-5-4-8-18-11-14)13-20-9-10-21(17(20)23)15-6-2-1-3-7-15/h1-8,11H,9-10,12-13H2,(H,19,22). The maximum atomic E-state index is 12.4. The zero-order valence-corrected chi connectivity index (χ0v) is 12.7. The van der Waals surface area contributed by atoms with Gasteiger partial charge in [0, 0.05) is 37.7 Å². The predicted octanol–water partition coefficient (Wildman–Crippen LogP) is 1.64. The molecule has 1 aromatic heterocycles. The predicted molar refractivity (Wildman–Crippen MR) is 86.8 cm³/mol. The third kappa shape index (κ3) is 3.66. The molecule has 0 atom stereocenters. The number of aromatic nitrogens is 1. The van der Waals surface area contributed by atoms with Crippen LogP contribution in [0, 0.1) is 0 Å². The van der Waals surface area contributed by atoms with E-state index in [0.717, 1.165) is 11.3 Å². The SMILES string of the molecule is O=C(CN1CCN(c2ccccc2)C1=O)NCc1cccnc1. The Morgan fingerprint density at radius 2 is 1.96 bits per heavy atom. The summed E-state index contributed by atoms with van der Waals surface area (Å²) < 4.78 is 0. The van der Waals surface area contributed by atoms with E-state index in [1.165, 1.54) is 0 Å². The van der Waals surface area contributed by atoms with E-state index >= 15 is 0 Å². The Kier molecular flexibility index (Phi) is 4.52. The van der Waals surface area contributed by atoms with Gasteiger partial charge >= 0.3 is 6.03 Å². The van der Waals surface area contributed by atoms with E-state index in [-0.39, 0.29) is 18.5 Å². The normalized spacial score (nSPS) is 14.2. The van der Waals surface area contributed by atoms with Crippen LogP contribution < -0.4 is 10.2 Å². The van der Waals surface area contributed by atoms with Crippen molar-refractivity contribution in [1.82, 2.24) is 15.2 Å². The van der Waals surface area contributed by atoms with Gasteiger partial charge in [-0.3, -0.25) is 14.7 Å². The second-order valence-corrected chi connectivity index (χ2v) is 5.33. The van der Waals surface area contributed by atoms with Crippen molar-refractivity contribution >= 4 is 17.6 Å². The number of anilines is 1. The molecule has 6 heteroatoms. The molecule has 3 amide bonds. The van der Waals surface area contributed by atoms with Gasteiger partial charge in [-0.1, -0.05) is 24.3 Å². The number of para-hydroxylation sites is 1. The molecule has 0 saturated carbocycles. The van der Waals surface area contributed by atoms with Crippen molar-refractivity contribution in [1.29, 1.82) is 0 Å². The van der Waals surface area contributed by atoms with Crippen LogP contribution in [-0.2, 0) is 11.3 Å². The number of hydrogen-bond acceptors (Lipinski definition) is 3. The Morgan fingerprint density at radius 3 is 2.70 bits per heavy atom. The number of rotatable bonds is 5. The van der Waals surface area contributed by atoms with Crippen molar-refractivity contribution in [3.05, 3.63) is 60.4 Å².